The molecule has 8 nitrogen and oxygen atoms in total. The van der Waals surface area contributed by atoms with E-state index in [4.69, 9.17) is 17.3 Å². The van der Waals surface area contributed by atoms with Gasteiger partial charge in [-0.1, -0.05) is 41.9 Å². The summed E-state index contributed by atoms with van der Waals surface area (Å²) in [5, 5.41) is 6.45. The molecule has 2 aromatic rings. The van der Waals surface area contributed by atoms with Gasteiger partial charge in [0.25, 0.3) is 0 Å². The van der Waals surface area contributed by atoms with Crippen LogP contribution in [0.3, 0.4) is 0 Å². The molecule has 0 unspecified atom stereocenters. The van der Waals surface area contributed by atoms with Gasteiger partial charge in [-0.2, -0.15) is 0 Å². The van der Waals surface area contributed by atoms with Gasteiger partial charge in [0.2, 0.25) is 23.6 Å². The standard InChI is InChI=1S/C24H23ClN4O4/c1-12-9-14(25)10-15-20(12)27-23(33)24(15)19-18(16(28-24)11-17(26)30)21(31)29(22(19)32)8-7-13-5-3-2-4-6-13/h2-6,9-10,16,18-19,28H,7-8,11H2,1H3,(H2,26,30)(H,27,33)/t16-,18+,19+,24+/m0/s1. The maximum absolute atomic E-state index is 13.7. The quantitative estimate of drug-likeness (QED) is 0.576. The van der Waals surface area contributed by atoms with Gasteiger partial charge >= 0.3 is 0 Å². The van der Waals surface area contributed by atoms with Crippen molar-refractivity contribution in [2.75, 3.05) is 11.9 Å². The van der Waals surface area contributed by atoms with Gasteiger partial charge in [-0.3, -0.25) is 29.4 Å². The summed E-state index contributed by atoms with van der Waals surface area (Å²) in [4.78, 5) is 53.6. The summed E-state index contributed by atoms with van der Waals surface area (Å²) in [6.45, 7) is 2.00. The number of nitrogens with two attached hydrogens (primary N) is 1. The lowest BCUT2D eigenvalue weighted by molar-refractivity contribution is -0.142. The van der Waals surface area contributed by atoms with Crippen molar-refractivity contribution in [1.29, 1.82) is 0 Å². The van der Waals surface area contributed by atoms with Crippen molar-refractivity contribution >= 4 is 40.9 Å². The van der Waals surface area contributed by atoms with Crippen LogP contribution in [0.5, 0.6) is 0 Å². The van der Waals surface area contributed by atoms with E-state index >= 15 is 0 Å². The second-order valence-electron chi connectivity index (χ2n) is 8.90. The van der Waals surface area contributed by atoms with E-state index in [1.54, 1.807) is 12.1 Å². The zero-order valence-electron chi connectivity index (χ0n) is 17.9. The second kappa shape index (κ2) is 7.67. The third-order valence-corrected chi connectivity index (χ3v) is 7.18. The number of amides is 4. The molecule has 33 heavy (non-hydrogen) atoms. The third-order valence-electron chi connectivity index (χ3n) is 6.97. The molecule has 0 radical (unpaired) electrons. The van der Waals surface area contributed by atoms with Crippen LogP contribution >= 0.6 is 11.6 Å². The van der Waals surface area contributed by atoms with Gasteiger partial charge in [-0.15, -0.1) is 0 Å². The minimum absolute atomic E-state index is 0.170. The van der Waals surface area contributed by atoms with E-state index in [9.17, 15) is 19.2 Å². The van der Waals surface area contributed by atoms with Crippen molar-refractivity contribution in [3.05, 3.63) is 64.2 Å². The Hall–Kier alpha value is -3.23. The lowest BCUT2D eigenvalue weighted by Crippen LogP contribution is -2.53. The molecule has 0 bridgehead atoms. The van der Waals surface area contributed by atoms with Crippen LogP contribution in [0.25, 0.3) is 0 Å². The number of halogens is 1. The van der Waals surface area contributed by atoms with Gasteiger partial charge < -0.3 is 11.1 Å². The molecule has 4 atom stereocenters. The number of aryl methyl sites for hydroxylation is 1. The number of hydrogen-bond donors (Lipinski definition) is 3. The Kier molecular flexibility index (Phi) is 5.02. The molecule has 3 heterocycles. The minimum atomic E-state index is -1.50. The SMILES string of the molecule is Cc1cc(Cl)cc2c1NC(=O)[C@@]21N[C@@H](CC(N)=O)[C@H]2C(=O)N(CCc3ccccc3)C(=O)[C@@H]21. The first-order valence-electron chi connectivity index (χ1n) is 10.8. The van der Waals surface area contributed by atoms with Gasteiger partial charge in [0.1, 0.15) is 5.54 Å². The monoisotopic (exact) mass is 466 g/mol. The molecule has 2 fully saturated rings. The molecule has 2 saturated heterocycles. The number of primary amides is 1. The summed E-state index contributed by atoms with van der Waals surface area (Å²) >= 11 is 6.31. The van der Waals surface area contributed by atoms with Gasteiger partial charge in [0.15, 0.2) is 0 Å². The van der Waals surface area contributed by atoms with Crippen molar-refractivity contribution in [2.45, 2.75) is 31.3 Å². The Bertz CT molecular complexity index is 1200. The lowest BCUT2D eigenvalue weighted by Gasteiger charge is -2.29. The topological polar surface area (TPSA) is 122 Å². The maximum Gasteiger partial charge on any atom is 0.250 e. The average molecular weight is 467 g/mol. The molecule has 0 aliphatic carbocycles. The number of rotatable bonds is 5. The fourth-order valence-electron chi connectivity index (χ4n) is 5.59. The second-order valence-corrected chi connectivity index (χ2v) is 9.33. The predicted octanol–water partition coefficient (Wildman–Crippen LogP) is 1.49. The summed E-state index contributed by atoms with van der Waals surface area (Å²) in [6.07, 6.45) is 0.322. The predicted molar refractivity (Wildman–Crippen MR) is 121 cm³/mol. The highest BCUT2D eigenvalue weighted by molar-refractivity contribution is 6.31. The first-order chi connectivity index (χ1) is 15.7. The number of anilines is 1. The van der Waals surface area contributed by atoms with Gasteiger partial charge in [-0.25, -0.2) is 0 Å². The highest BCUT2D eigenvalue weighted by Crippen LogP contribution is 2.54. The van der Waals surface area contributed by atoms with Gasteiger partial charge in [0.05, 0.1) is 11.8 Å². The van der Waals surface area contributed by atoms with Crippen LogP contribution in [0, 0.1) is 18.8 Å². The van der Waals surface area contributed by atoms with Crippen LogP contribution in [0.4, 0.5) is 5.69 Å². The van der Waals surface area contributed by atoms with E-state index in [0.29, 0.717) is 22.7 Å². The zero-order valence-corrected chi connectivity index (χ0v) is 18.7. The normalized spacial score (nSPS) is 27.8. The van der Waals surface area contributed by atoms with Crippen LogP contribution in [-0.4, -0.2) is 41.1 Å². The van der Waals surface area contributed by atoms with Crippen molar-refractivity contribution in [3.8, 4) is 0 Å². The highest BCUT2D eigenvalue weighted by atomic mass is 35.5. The molecule has 4 amide bonds. The molecule has 0 saturated carbocycles. The van der Waals surface area contributed by atoms with E-state index < -0.39 is 47.0 Å². The summed E-state index contributed by atoms with van der Waals surface area (Å²) in [5.74, 6) is -3.75. The number of carbonyl (C=O) groups is 4. The Morgan fingerprint density at radius 1 is 1.15 bits per heavy atom. The molecule has 170 valence electrons. The van der Waals surface area contributed by atoms with Crippen molar-refractivity contribution in [1.82, 2.24) is 10.2 Å². The molecular weight excluding hydrogens is 444 g/mol. The smallest absolute Gasteiger partial charge is 0.250 e. The number of benzene rings is 2. The van der Waals surface area contributed by atoms with Crippen molar-refractivity contribution < 1.29 is 19.2 Å². The number of imide groups is 1. The summed E-state index contributed by atoms with van der Waals surface area (Å²) < 4.78 is 0. The van der Waals surface area contributed by atoms with E-state index in [2.05, 4.69) is 10.6 Å². The van der Waals surface area contributed by atoms with Crippen LogP contribution in [0.1, 0.15) is 23.1 Å². The van der Waals surface area contributed by atoms with Gasteiger partial charge in [0, 0.05) is 35.3 Å². The number of fused-ring (bicyclic) bond motifs is 4. The molecule has 1 spiro atoms. The van der Waals surface area contributed by atoms with Crippen LogP contribution in [0.15, 0.2) is 42.5 Å². The maximum atomic E-state index is 13.7. The largest absolute Gasteiger partial charge is 0.370 e. The van der Waals surface area contributed by atoms with Gasteiger partial charge in [-0.05, 0) is 36.6 Å². The summed E-state index contributed by atoms with van der Waals surface area (Å²) in [5.41, 5.74) is 6.79. The molecular formula is C24H23ClN4O4. The lowest BCUT2D eigenvalue weighted by atomic mass is 9.76. The fourth-order valence-corrected chi connectivity index (χ4v) is 5.86. The van der Waals surface area contributed by atoms with Crippen LogP contribution < -0.4 is 16.4 Å². The average Bonchev–Trinajstić information content (AvgIpc) is 3.33. The fraction of sp³-hybridized carbons (Fsp3) is 0.333. The Morgan fingerprint density at radius 3 is 2.58 bits per heavy atom. The highest BCUT2D eigenvalue weighted by Gasteiger charge is 2.70. The van der Waals surface area contributed by atoms with Crippen molar-refractivity contribution in [2.24, 2.45) is 17.6 Å². The zero-order chi connectivity index (χ0) is 23.5. The Balaban J connectivity index is 1.57. The first kappa shape index (κ1) is 21.6. The van der Waals surface area contributed by atoms with E-state index in [1.807, 2.05) is 37.3 Å². The molecule has 4 N–H and O–H groups in total. The van der Waals surface area contributed by atoms with Crippen LogP contribution in [0.2, 0.25) is 5.02 Å². The molecule has 2 aromatic carbocycles. The molecule has 5 rings (SSSR count). The number of nitrogens with one attached hydrogen (secondary N) is 2. The minimum Gasteiger partial charge on any atom is -0.370 e. The number of likely N-dealkylation sites (tertiary alicyclic amines) is 1. The first-order valence-corrected chi connectivity index (χ1v) is 11.2. The summed E-state index contributed by atoms with van der Waals surface area (Å²) in [7, 11) is 0. The Labute approximate surface area is 195 Å². The molecule has 3 aliphatic heterocycles. The summed E-state index contributed by atoms with van der Waals surface area (Å²) in [6, 6.07) is 12.2. The molecule has 0 aromatic heterocycles. The molecule has 3 aliphatic rings. The van der Waals surface area contributed by atoms with E-state index in [0.717, 1.165) is 11.1 Å². The van der Waals surface area contributed by atoms with E-state index in [1.165, 1.54) is 4.90 Å². The Morgan fingerprint density at radius 2 is 1.88 bits per heavy atom. The van der Waals surface area contributed by atoms with Crippen molar-refractivity contribution in [3.63, 3.8) is 0 Å². The third kappa shape index (κ3) is 3.16. The number of carbonyl (C=O) groups excluding carboxylic acids is 4. The van der Waals surface area contributed by atoms with E-state index in [-0.39, 0.29) is 13.0 Å². The number of nitrogens with zero attached hydrogens (tertiary/aromatic N) is 1. The number of hydrogen-bond acceptors (Lipinski definition) is 5. The van der Waals surface area contributed by atoms with Crippen LogP contribution in [-0.2, 0) is 31.1 Å². The molecule has 9 heteroatoms.